The van der Waals surface area contributed by atoms with E-state index < -0.39 is 6.10 Å². The van der Waals surface area contributed by atoms with E-state index in [2.05, 4.69) is 0 Å². The Bertz CT molecular complexity index is 139. The lowest BCUT2D eigenvalue weighted by atomic mass is 10.2. The number of carbonyl (C=O) groups excluding carboxylic acids is 1. The molecule has 0 spiro atoms. The van der Waals surface area contributed by atoms with Gasteiger partial charge in [-0.3, -0.25) is 4.79 Å². The van der Waals surface area contributed by atoms with Gasteiger partial charge in [0.1, 0.15) is 0 Å². The maximum Gasteiger partial charge on any atom is 0.230 e. The van der Waals surface area contributed by atoms with Crippen LogP contribution in [0.3, 0.4) is 0 Å². The highest BCUT2D eigenvalue weighted by molar-refractivity contribution is 6.15. The van der Waals surface area contributed by atoms with E-state index in [1.807, 2.05) is 0 Å². The molecule has 4 heteroatoms. The van der Waals surface area contributed by atoms with E-state index in [1.54, 1.807) is 6.92 Å². The minimum atomic E-state index is -0.581. The molecule has 9 heavy (non-hydrogen) atoms. The van der Waals surface area contributed by atoms with Crippen molar-refractivity contribution in [1.29, 1.82) is 0 Å². The van der Waals surface area contributed by atoms with Gasteiger partial charge in [0.15, 0.2) is 0 Å². The Morgan fingerprint density at radius 1 is 1.89 bits per heavy atom. The number of hydrogen-bond donors (Lipinski definition) is 1. The zero-order valence-corrected chi connectivity index (χ0v) is 5.24. The van der Waals surface area contributed by atoms with Crippen molar-refractivity contribution in [3.63, 3.8) is 0 Å². The first kappa shape index (κ1) is 6.61. The molecule has 1 unspecified atom stereocenters. The van der Waals surface area contributed by atoms with Gasteiger partial charge in [-0.1, -0.05) is 0 Å². The van der Waals surface area contributed by atoms with Crippen molar-refractivity contribution >= 4 is 13.9 Å². The van der Waals surface area contributed by atoms with Gasteiger partial charge in [0.2, 0.25) is 13.9 Å². The molecule has 1 rings (SSSR count). The van der Waals surface area contributed by atoms with Gasteiger partial charge in [-0.15, -0.1) is 0 Å². The van der Waals surface area contributed by atoms with Gasteiger partial charge in [0.25, 0.3) is 0 Å². The number of carbonyl (C=O) groups is 1. The van der Waals surface area contributed by atoms with E-state index in [1.165, 1.54) is 0 Å². The lowest BCUT2D eigenvalue weighted by Crippen LogP contribution is -2.31. The Kier molecular flexibility index (Phi) is 1.49. The summed E-state index contributed by atoms with van der Waals surface area (Å²) in [5.74, 6) is -0.185. The average molecular weight is 125 g/mol. The normalized spacial score (nSPS) is 35.8. The standard InChI is InChI=1S/C5H8BNO2/c1-3-4(8)2-5(9)7(3)6/h3-4,8H,2H2,1H3/t3?,4-/m0/s1. The van der Waals surface area contributed by atoms with Crippen LogP contribution in [0, 0.1) is 0 Å². The van der Waals surface area contributed by atoms with Crippen LogP contribution in [0.2, 0.25) is 0 Å². The monoisotopic (exact) mass is 125 g/mol. The number of nitrogens with zero attached hydrogens (tertiary/aromatic N) is 1. The molecule has 1 N–H and O–H groups in total. The van der Waals surface area contributed by atoms with Crippen LogP contribution in [0.1, 0.15) is 13.3 Å². The lowest BCUT2D eigenvalue weighted by Gasteiger charge is -2.16. The van der Waals surface area contributed by atoms with Crippen LogP contribution in [0.5, 0.6) is 0 Å². The third-order valence-electron chi connectivity index (χ3n) is 1.67. The van der Waals surface area contributed by atoms with Crippen molar-refractivity contribution in [3.05, 3.63) is 0 Å². The van der Waals surface area contributed by atoms with Gasteiger partial charge in [0, 0.05) is 6.04 Å². The maximum atomic E-state index is 10.6. The first-order valence-electron chi connectivity index (χ1n) is 2.87. The maximum absolute atomic E-state index is 10.6. The molecule has 0 saturated carbocycles. The molecule has 1 saturated heterocycles. The SMILES string of the molecule is [B]N1C(=O)C[C@H](O)C1C. The third kappa shape index (κ3) is 0.943. The smallest absolute Gasteiger partial charge is 0.230 e. The molecule has 3 nitrogen and oxygen atoms in total. The molecule has 0 aromatic heterocycles. The number of aliphatic hydroxyl groups excluding tert-OH is 1. The zero-order valence-electron chi connectivity index (χ0n) is 5.24. The highest BCUT2D eigenvalue weighted by atomic mass is 16.3. The van der Waals surface area contributed by atoms with Crippen LogP contribution < -0.4 is 0 Å². The van der Waals surface area contributed by atoms with Crippen LogP contribution in [0.4, 0.5) is 0 Å². The fourth-order valence-corrected chi connectivity index (χ4v) is 0.867. The van der Waals surface area contributed by atoms with Crippen molar-refractivity contribution in [2.45, 2.75) is 25.5 Å². The Balaban J connectivity index is 2.65. The number of rotatable bonds is 0. The van der Waals surface area contributed by atoms with Crippen molar-refractivity contribution in [2.24, 2.45) is 0 Å². The molecule has 2 atom stereocenters. The summed E-state index contributed by atoms with van der Waals surface area (Å²) in [6.45, 7) is 1.72. The van der Waals surface area contributed by atoms with Gasteiger partial charge in [-0.2, -0.15) is 0 Å². The second-order valence-corrected chi connectivity index (χ2v) is 2.31. The molecule has 1 fully saturated rings. The average Bonchev–Trinajstić information content (AvgIpc) is 1.98. The minimum absolute atomic E-state index is 0.164. The number of hydrogen-bond acceptors (Lipinski definition) is 2. The Labute approximate surface area is 55.1 Å². The van der Waals surface area contributed by atoms with E-state index >= 15 is 0 Å². The predicted octanol–water partition coefficient (Wildman–Crippen LogP) is -0.948. The highest BCUT2D eigenvalue weighted by Gasteiger charge is 2.31. The van der Waals surface area contributed by atoms with E-state index in [0.29, 0.717) is 0 Å². The summed E-state index contributed by atoms with van der Waals surface area (Å²) in [6.07, 6.45) is -0.417. The van der Waals surface area contributed by atoms with Crippen molar-refractivity contribution in [2.75, 3.05) is 0 Å². The molecule has 1 aliphatic heterocycles. The summed E-state index contributed by atoms with van der Waals surface area (Å²) in [5.41, 5.74) is 0. The molecule has 48 valence electrons. The second kappa shape index (κ2) is 2.03. The molecule has 0 aliphatic carbocycles. The van der Waals surface area contributed by atoms with Crippen LogP contribution in [-0.4, -0.2) is 36.0 Å². The first-order chi connectivity index (χ1) is 4.13. The molecule has 1 heterocycles. The Morgan fingerprint density at radius 3 is 2.56 bits per heavy atom. The molecule has 0 aromatic rings. The van der Waals surface area contributed by atoms with Gasteiger partial charge < -0.3 is 9.92 Å². The molecule has 1 aliphatic rings. The molecular weight excluding hydrogens is 117 g/mol. The predicted molar refractivity (Wildman–Crippen MR) is 32.7 cm³/mol. The summed E-state index contributed by atoms with van der Waals surface area (Å²) >= 11 is 0. The largest absolute Gasteiger partial charge is 0.392 e. The number of aliphatic hydroxyl groups is 1. The van der Waals surface area contributed by atoms with Gasteiger partial charge >= 0.3 is 0 Å². The van der Waals surface area contributed by atoms with Crippen molar-refractivity contribution < 1.29 is 9.90 Å². The van der Waals surface area contributed by atoms with Gasteiger partial charge in [-0.25, -0.2) is 0 Å². The summed E-state index contributed by atoms with van der Waals surface area (Å²) in [7, 11) is 5.24. The van der Waals surface area contributed by atoms with E-state index in [4.69, 9.17) is 13.1 Å². The summed E-state index contributed by atoms with van der Waals surface area (Å²) in [5, 5.41) is 9.00. The van der Waals surface area contributed by atoms with Crippen LogP contribution in [0.15, 0.2) is 0 Å². The van der Waals surface area contributed by atoms with Gasteiger partial charge in [0.05, 0.1) is 12.5 Å². The minimum Gasteiger partial charge on any atom is -0.392 e. The van der Waals surface area contributed by atoms with Gasteiger partial charge in [-0.05, 0) is 6.92 Å². The van der Waals surface area contributed by atoms with Crippen LogP contribution >= 0.6 is 0 Å². The van der Waals surface area contributed by atoms with E-state index in [-0.39, 0.29) is 18.4 Å². The Hall–Kier alpha value is -0.505. The molecular formula is C5H8BNO2. The quantitative estimate of drug-likeness (QED) is 0.424. The fourth-order valence-electron chi connectivity index (χ4n) is 0.867. The molecule has 0 aromatic carbocycles. The first-order valence-corrected chi connectivity index (χ1v) is 2.87. The molecule has 1 amide bonds. The van der Waals surface area contributed by atoms with Crippen molar-refractivity contribution in [1.82, 2.24) is 4.81 Å². The third-order valence-corrected chi connectivity index (χ3v) is 1.67. The number of amides is 1. The summed E-state index contributed by atoms with van der Waals surface area (Å²) in [6, 6.07) is -0.225. The van der Waals surface area contributed by atoms with E-state index in [9.17, 15) is 4.79 Å². The van der Waals surface area contributed by atoms with E-state index in [0.717, 1.165) is 4.81 Å². The van der Waals surface area contributed by atoms with Crippen LogP contribution in [0.25, 0.3) is 0 Å². The van der Waals surface area contributed by atoms with Crippen LogP contribution in [-0.2, 0) is 4.79 Å². The van der Waals surface area contributed by atoms with Crippen molar-refractivity contribution in [3.8, 4) is 0 Å². The summed E-state index contributed by atoms with van der Waals surface area (Å²) < 4.78 is 0. The second-order valence-electron chi connectivity index (χ2n) is 2.31. The Morgan fingerprint density at radius 2 is 2.44 bits per heavy atom. The lowest BCUT2D eigenvalue weighted by molar-refractivity contribution is -0.124. The molecule has 0 bridgehead atoms. The summed E-state index contributed by atoms with van der Waals surface area (Å²) in [4.78, 5) is 11.7. The zero-order chi connectivity index (χ0) is 7.02. The fraction of sp³-hybridized carbons (Fsp3) is 0.800. The molecule has 2 radical (unpaired) electrons. The topological polar surface area (TPSA) is 40.5 Å². The highest BCUT2D eigenvalue weighted by Crippen LogP contribution is 2.15.